The number of hydrogen-bond donors (Lipinski definition) is 4. The molecule has 4 rings (SSSR count). The average molecular weight is 425 g/mol. The number of nitrogens with one attached hydrogen (secondary N) is 4. The summed E-state index contributed by atoms with van der Waals surface area (Å²) in [5.74, 6) is 0.194. The van der Waals surface area contributed by atoms with Crippen LogP contribution >= 0.6 is 0 Å². The molecular formula is C21H24FN7O2. The minimum Gasteiger partial charge on any atom is -0.493 e. The number of hydrazine groups is 1. The second-order valence-electron chi connectivity index (χ2n) is 7.70. The number of aryl methyl sites for hydroxylation is 1. The molecule has 0 saturated carbocycles. The van der Waals surface area contributed by atoms with E-state index in [4.69, 9.17) is 4.74 Å². The van der Waals surface area contributed by atoms with E-state index in [2.05, 4.69) is 32.4 Å². The number of ether oxygens (including phenoxy) is 1. The summed E-state index contributed by atoms with van der Waals surface area (Å²) in [7, 11) is 3.19. The van der Waals surface area contributed by atoms with Gasteiger partial charge in [0, 0.05) is 19.5 Å². The van der Waals surface area contributed by atoms with E-state index in [0.29, 0.717) is 34.8 Å². The fourth-order valence-corrected chi connectivity index (χ4v) is 4.15. The molecule has 1 aromatic heterocycles. The Morgan fingerprint density at radius 3 is 2.90 bits per heavy atom. The lowest BCUT2D eigenvalue weighted by molar-refractivity contribution is -0.131. The Kier molecular flexibility index (Phi) is 5.63. The Morgan fingerprint density at radius 2 is 2.19 bits per heavy atom. The Bertz CT molecular complexity index is 1040. The molecule has 3 heterocycles. The first-order valence-corrected chi connectivity index (χ1v) is 9.93. The predicted molar refractivity (Wildman–Crippen MR) is 112 cm³/mol. The van der Waals surface area contributed by atoms with Crippen molar-refractivity contribution in [2.75, 3.05) is 24.8 Å². The molecule has 9 nitrogen and oxygen atoms in total. The van der Waals surface area contributed by atoms with E-state index in [0.717, 1.165) is 0 Å². The summed E-state index contributed by atoms with van der Waals surface area (Å²) in [5, 5.41) is 20.9. The molecular weight excluding hydrogens is 401 g/mol. The van der Waals surface area contributed by atoms with Gasteiger partial charge < -0.3 is 15.4 Å². The first-order valence-electron chi connectivity index (χ1n) is 9.93. The van der Waals surface area contributed by atoms with Crippen molar-refractivity contribution >= 4 is 17.4 Å². The number of aromatic nitrogens is 1. The van der Waals surface area contributed by atoms with Gasteiger partial charge in [0.05, 0.1) is 42.8 Å². The summed E-state index contributed by atoms with van der Waals surface area (Å²) in [4.78, 5) is 16.9. The number of piperidine rings is 1. The smallest absolute Gasteiger partial charge is 0.244 e. The minimum atomic E-state index is -0.374. The second-order valence-corrected chi connectivity index (χ2v) is 7.70. The van der Waals surface area contributed by atoms with Crippen LogP contribution in [-0.4, -0.2) is 48.4 Å². The lowest BCUT2D eigenvalue weighted by Gasteiger charge is -2.39. The monoisotopic (exact) mass is 425 g/mol. The van der Waals surface area contributed by atoms with Gasteiger partial charge in [-0.05, 0) is 30.7 Å². The van der Waals surface area contributed by atoms with Gasteiger partial charge in [0.2, 0.25) is 5.91 Å². The summed E-state index contributed by atoms with van der Waals surface area (Å²) in [6, 6.07) is 8.77. The highest BCUT2D eigenvalue weighted by Crippen LogP contribution is 2.33. The number of nitrogens with zero attached hydrogens (tertiary/aromatic N) is 3. The highest BCUT2D eigenvalue weighted by atomic mass is 19.1. The van der Waals surface area contributed by atoms with Crippen LogP contribution in [0.1, 0.15) is 17.5 Å². The van der Waals surface area contributed by atoms with Crippen molar-refractivity contribution in [3.63, 3.8) is 0 Å². The number of methoxy groups -OCH3 is 1. The van der Waals surface area contributed by atoms with Crippen molar-refractivity contribution in [3.05, 3.63) is 47.4 Å². The molecule has 1 aromatic carbocycles. The summed E-state index contributed by atoms with van der Waals surface area (Å²) in [6.45, 7) is 1.68. The van der Waals surface area contributed by atoms with Crippen LogP contribution in [0.2, 0.25) is 0 Å². The molecule has 2 saturated heterocycles. The van der Waals surface area contributed by atoms with E-state index in [1.165, 1.54) is 18.3 Å². The molecule has 4 unspecified atom stereocenters. The van der Waals surface area contributed by atoms with E-state index < -0.39 is 0 Å². The number of rotatable bonds is 5. The normalized spacial score (nSPS) is 25.0. The maximum absolute atomic E-state index is 13.6. The molecule has 162 valence electrons. The molecule has 4 N–H and O–H groups in total. The third kappa shape index (κ3) is 3.97. The summed E-state index contributed by atoms with van der Waals surface area (Å²) in [5.41, 5.74) is 4.68. The Morgan fingerprint density at radius 1 is 1.39 bits per heavy atom. The Hall–Kier alpha value is -3.42. The van der Waals surface area contributed by atoms with Crippen LogP contribution in [0.5, 0.6) is 5.75 Å². The molecule has 10 heteroatoms. The molecule has 1 amide bonds. The number of pyridine rings is 1. The molecule has 4 atom stereocenters. The van der Waals surface area contributed by atoms with Gasteiger partial charge in [-0.1, -0.05) is 6.07 Å². The van der Waals surface area contributed by atoms with Gasteiger partial charge in [-0.2, -0.15) is 5.26 Å². The average Bonchev–Trinajstić information content (AvgIpc) is 3.04. The van der Waals surface area contributed by atoms with Crippen LogP contribution in [0.25, 0.3) is 0 Å². The van der Waals surface area contributed by atoms with Crippen molar-refractivity contribution < 1.29 is 13.9 Å². The molecule has 31 heavy (non-hydrogen) atoms. The number of amides is 1. The van der Waals surface area contributed by atoms with Crippen molar-refractivity contribution in [2.45, 2.75) is 31.7 Å². The van der Waals surface area contributed by atoms with Crippen molar-refractivity contribution in [2.24, 2.45) is 5.92 Å². The van der Waals surface area contributed by atoms with E-state index in [-0.39, 0.29) is 36.0 Å². The lowest BCUT2D eigenvalue weighted by Crippen LogP contribution is -2.60. The number of anilines is 2. The van der Waals surface area contributed by atoms with Crippen LogP contribution in [0.15, 0.2) is 30.5 Å². The van der Waals surface area contributed by atoms with E-state index in [9.17, 15) is 14.4 Å². The minimum absolute atomic E-state index is 0.0420. The third-order valence-electron chi connectivity index (χ3n) is 5.66. The number of nitriles is 1. The number of benzene rings is 1. The molecule has 0 radical (unpaired) electrons. The lowest BCUT2D eigenvalue weighted by atomic mass is 9.88. The highest BCUT2D eigenvalue weighted by molar-refractivity contribution is 5.82. The molecule has 0 aliphatic carbocycles. The maximum Gasteiger partial charge on any atom is 0.244 e. The Labute approximate surface area is 179 Å². The van der Waals surface area contributed by atoms with Gasteiger partial charge in [0.25, 0.3) is 0 Å². The highest BCUT2D eigenvalue weighted by Gasteiger charge is 2.48. The van der Waals surface area contributed by atoms with Gasteiger partial charge in [0.15, 0.2) is 5.75 Å². The van der Waals surface area contributed by atoms with Crippen molar-refractivity contribution in [1.82, 2.24) is 20.7 Å². The number of carbonyl (C=O) groups is 1. The van der Waals surface area contributed by atoms with Crippen LogP contribution in [-0.2, 0) is 4.79 Å². The number of fused-ring (bicyclic) bond motifs is 1. The van der Waals surface area contributed by atoms with E-state index in [1.807, 2.05) is 6.07 Å². The molecule has 2 aromatic rings. The first-order chi connectivity index (χ1) is 14.9. The van der Waals surface area contributed by atoms with Gasteiger partial charge in [-0.15, -0.1) is 0 Å². The summed E-state index contributed by atoms with van der Waals surface area (Å²) < 4.78 is 19.0. The first kappa shape index (κ1) is 20.8. The second kappa shape index (κ2) is 8.37. The largest absolute Gasteiger partial charge is 0.493 e. The zero-order valence-electron chi connectivity index (χ0n) is 17.4. The van der Waals surface area contributed by atoms with Gasteiger partial charge in [0.1, 0.15) is 17.7 Å². The topological polar surface area (TPSA) is 114 Å². The fourth-order valence-electron chi connectivity index (χ4n) is 4.15. The van der Waals surface area contributed by atoms with E-state index in [1.54, 1.807) is 32.2 Å². The standard InChI is InChI=1S/C21H24FN7O2/c1-11-7-16(24-10-13(11)22)26-17-8-15(18-20(27-17)28-29(2)21(18)30)25-14-6-4-5-12(9-23)19(14)31-3/h4-7,10,15,17-18,20,25,27-28H,8H2,1-3H3,(H,24,26). The van der Waals surface area contributed by atoms with Crippen LogP contribution < -0.4 is 26.1 Å². The van der Waals surface area contributed by atoms with Gasteiger partial charge in [-0.3, -0.25) is 15.1 Å². The van der Waals surface area contributed by atoms with Crippen LogP contribution in [0.3, 0.4) is 0 Å². The number of para-hydroxylation sites is 1. The number of hydrogen-bond acceptors (Lipinski definition) is 8. The predicted octanol–water partition coefficient (Wildman–Crippen LogP) is 1.54. The van der Waals surface area contributed by atoms with Gasteiger partial charge >= 0.3 is 0 Å². The maximum atomic E-state index is 13.6. The number of carbonyl (C=O) groups excluding carboxylic acids is 1. The Balaban J connectivity index is 1.60. The van der Waals surface area contributed by atoms with Gasteiger partial charge in [-0.25, -0.2) is 14.8 Å². The zero-order valence-corrected chi connectivity index (χ0v) is 17.4. The third-order valence-corrected chi connectivity index (χ3v) is 5.66. The summed E-state index contributed by atoms with van der Waals surface area (Å²) in [6.07, 6.45) is 1.16. The van der Waals surface area contributed by atoms with Crippen molar-refractivity contribution in [1.29, 1.82) is 5.26 Å². The summed E-state index contributed by atoms with van der Waals surface area (Å²) >= 11 is 0. The quantitative estimate of drug-likeness (QED) is 0.571. The fraction of sp³-hybridized carbons (Fsp3) is 0.381. The molecule has 2 aliphatic rings. The van der Waals surface area contributed by atoms with Crippen LogP contribution in [0.4, 0.5) is 15.9 Å². The SMILES string of the molecule is COc1c(C#N)cccc1NC1CC(Nc2cc(C)c(F)cn2)NC2NN(C)C(=O)C12. The van der Waals surface area contributed by atoms with Crippen molar-refractivity contribution in [3.8, 4) is 11.8 Å². The zero-order chi connectivity index (χ0) is 22.1. The van der Waals surface area contributed by atoms with E-state index >= 15 is 0 Å². The van der Waals surface area contributed by atoms with Crippen LogP contribution in [0, 0.1) is 30.0 Å². The molecule has 2 aliphatic heterocycles. The molecule has 0 spiro atoms. The molecule has 0 bridgehead atoms. The number of halogens is 1. The molecule has 2 fully saturated rings.